The molecule has 0 aliphatic carbocycles. The first-order chi connectivity index (χ1) is 8.22. The number of hydrogen-bond acceptors (Lipinski definition) is 1. The van der Waals surface area contributed by atoms with Crippen LogP contribution in [0.3, 0.4) is 0 Å². The van der Waals surface area contributed by atoms with Crippen LogP contribution in [0.4, 0.5) is 4.79 Å². The first kappa shape index (κ1) is 12.4. The molecular weight excluding hydrogens is 280 g/mol. The highest BCUT2D eigenvalue weighted by atomic mass is 79.9. The second-order valence-electron chi connectivity index (χ2n) is 4.41. The Labute approximate surface area is 111 Å². The van der Waals surface area contributed by atoms with Crippen molar-refractivity contribution in [1.29, 1.82) is 0 Å². The largest absolute Gasteiger partial charge is 0.326 e. The van der Waals surface area contributed by atoms with Gasteiger partial charge in [0.2, 0.25) is 0 Å². The van der Waals surface area contributed by atoms with Crippen LogP contribution in [0, 0.1) is 0 Å². The van der Waals surface area contributed by atoms with Crippen LogP contribution in [-0.4, -0.2) is 47.8 Å². The van der Waals surface area contributed by atoms with Crippen molar-refractivity contribution in [3.8, 4) is 0 Å². The molecule has 0 N–H and O–H groups in total. The molecule has 3 nitrogen and oxygen atoms in total. The van der Waals surface area contributed by atoms with Crippen molar-refractivity contribution in [2.45, 2.75) is 5.92 Å². The number of carbonyl (C=O) groups excluding carboxylic acids is 1. The van der Waals surface area contributed by atoms with E-state index in [1.807, 2.05) is 30.1 Å². The van der Waals surface area contributed by atoms with Crippen molar-refractivity contribution in [3.63, 3.8) is 0 Å². The molecule has 1 unspecified atom stereocenters. The molecule has 0 aromatic heterocycles. The number of carbonyl (C=O) groups is 1. The Morgan fingerprint density at radius 2 is 2.00 bits per heavy atom. The molecule has 2 amide bonds. The highest BCUT2D eigenvalue weighted by Crippen LogP contribution is 2.21. The molecule has 1 saturated heterocycles. The molecule has 1 fully saturated rings. The van der Waals surface area contributed by atoms with Gasteiger partial charge in [0.25, 0.3) is 0 Å². The van der Waals surface area contributed by atoms with Gasteiger partial charge >= 0.3 is 6.03 Å². The summed E-state index contributed by atoms with van der Waals surface area (Å²) in [5.41, 5.74) is 1.28. The van der Waals surface area contributed by atoms with Gasteiger partial charge in [-0.1, -0.05) is 46.3 Å². The van der Waals surface area contributed by atoms with E-state index in [0.717, 1.165) is 25.0 Å². The molecule has 1 heterocycles. The average molecular weight is 297 g/mol. The maximum atomic E-state index is 11.8. The number of nitrogens with zero attached hydrogens (tertiary/aromatic N) is 2. The normalized spacial score (nSPS) is 17.6. The lowest BCUT2D eigenvalue weighted by Gasteiger charge is -2.22. The molecule has 4 heteroatoms. The Hall–Kier alpha value is -1.03. The Bertz CT molecular complexity index is 382. The van der Waals surface area contributed by atoms with Gasteiger partial charge in [-0.25, -0.2) is 4.79 Å². The standard InChI is InChI=1S/C13H17BrN2O/c1-15-7-8-16(13(15)17)10-12(9-14)11-5-3-2-4-6-11/h2-6,12H,7-10H2,1H3. The molecule has 92 valence electrons. The zero-order chi connectivity index (χ0) is 12.3. The number of likely N-dealkylation sites (N-methyl/N-ethyl adjacent to an activating group) is 1. The molecule has 1 aromatic carbocycles. The van der Waals surface area contributed by atoms with Crippen LogP contribution in [0.25, 0.3) is 0 Å². The number of alkyl halides is 1. The second-order valence-corrected chi connectivity index (χ2v) is 5.06. The topological polar surface area (TPSA) is 23.6 Å². The van der Waals surface area contributed by atoms with E-state index in [9.17, 15) is 4.79 Å². The summed E-state index contributed by atoms with van der Waals surface area (Å²) in [6.07, 6.45) is 0. The van der Waals surface area contributed by atoms with Crippen molar-refractivity contribution < 1.29 is 4.79 Å². The van der Waals surface area contributed by atoms with Gasteiger partial charge < -0.3 is 9.80 Å². The molecule has 1 aromatic rings. The van der Waals surface area contributed by atoms with Crippen molar-refractivity contribution in [2.24, 2.45) is 0 Å². The third-order valence-corrected chi connectivity index (χ3v) is 3.98. The Balaban J connectivity index is 2.04. The Kier molecular flexibility index (Phi) is 4.05. The number of urea groups is 1. The van der Waals surface area contributed by atoms with Crippen LogP contribution >= 0.6 is 15.9 Å². The van der Waals surface area contributed by atoms with E-state index in [1.165, 1.54) is 5.56 Å². The fraction of sp³-hybridized carbons (Fsp3) is 0.462. The van der Waals surface area contributed by atoms with Gasteiger partial charge in [0.15, 0.2) is 0 Å². The predicted molar refractivity (Wildman–Crippen MR) is 72.6 cm³/mol. The fourth-order valence-corrected chi connectivity index (χ4v) is 2.69. The van der Waals surface area contributed by atoms with Crippen molar-refractivity contribution in [2.75, 3.05) is 32.0 Å². The lowest BCUT2D eigenvalue weighted by Crippen LogP contribution is -2.33. The van der Waals surface area contributed by atoms with Gasteiger partial charge in [0.1, 0.15) is 0 Å². The fourth-order valence-electron chi connectivity index (χ4n) is 2.11. The molecule has 2 rings (SSSR count). The number of benzene rings is 1. The summed E-state index contributed by atoms with van der Waals surface area (Å²) in [4.78, 5) is 15.5. The maximum absolute atomic E-state index is 11.8. The third kappa shape index (κ3) is 2.80. The minimum absolute atomic E-state index is 0.145. The summed E-state index contributed by atoms with van der Waals surface area (Å²) >= 11 is 3.54. The zero-order valence-corrected chi connectivity index (χ0v) is 11.6. The predicted octanol–water partition coefficient (Wildman–Crippen LogP) is 2.53. The van der Waals surface area contributed by atoms with Crippen LogP contribution in [-0.2, 0) is 0 Å². The van der Waals surface area contributed by atoms with Gasteiger partial charge in [-0.15, -0.1) is 0 Å². The minimum Gasteiger partial charge on any atom is -0.326 e. The van der Waals surface area contributed by atoms with E-state index in [2.05, 4.69) is 28.1 Å². The van der Waals surface area contributed by atoms with Crippen LogP contribution in [0.15, 0.2) is 30.3 Å². The van der Waals surface area contributed by atoms with Gasteiger partial charge in [-0.3, -0.25) is 0 Å². The Morgan fingerprint density at radius 1 is 1.29 bits per heavy atom. The van der Waals surface area contributed by atoms with Crippen LogP contribution in [0.5, 0.6) is 0 Å². The zero-order valence-electron chi connectivity index (χ0n) is 9.97. The van der Waals surface area contributed by atoms with E-state index in [0.29, 0.717) is 5.92 Å². The molecule has 0 spiro atoms. The molecule has 17 heavy (non-hydrogen) atoms. The van der Waals surface area contributed by atoms with Gasteiger partial charge in [-0.05, 0) is 5.56 Å². The molecule has 1 atom stereocenters. The van der Waals surface area contributed by atoms with Gasteiger partial charge in [-0.2, -0.15) is 0 Å². The first-order valence-corrected chi connectivity index (χ1v) is 6.95. The quantitative estimate of drug-likeness (QED) is 0.783. The summed E-state index contributed by atoms with van der Waals surface area (Å²) in [5.74, 6) is 0.367. The molecular formula is C13H17BrN2O. The van der Waals surface area contributed by atoms with Crippen LogP contribution < -0.4 is 0 Å². The lowest BCUT2D eigenvalue weighted by atomic mass is 10.0. The highest BCUT2D eigenvalue weighted by Gasteiger charge is 2.27. The summed E-state index contributed by atoms with van der Waals surface area (Å²) in [5, 5.41) is 0.879. The summed E-state index contributed by atoms with van der Waals surface area (Å²) < 4.78 is 0. The van der Waals surface area contributed by atoms with Crippen LogP contribution in [0.2, 0.25) is 0 Å². The van der Waals surface area contributed by atoms with Gasteiger partial charge in [0, 0.05) is 37.9 Å². The van der Waals surface area contributed by atoms with E-state index >= 15 is 0 Å². The SMILES string of the molecule is CN1CCN(CC(CBr)c2ccccc2)C1=O. The number of hydrogen-bond donors (Lipinski definition) is 0. The lowest BCUT2D eigenvalue weighted by molar-refractivity contribution is 0.197. The van der Waals surface area contributed by atoms with Crippen molar-refractivity contribution in [3.05, 3.63) is 35.9 Å². The van der Waals surface area contributed by atoms with Gasteiger partial charge in [0.05, 0.1) is 0 Å². The van der Waals surface area contributed by atoms with E-state index < -0.39 is 0 Å². The molecule has 1 aliphatic rings. The van der Waals surface area contributed by atoms with E-state index in [-0.39, 0.29) is 6.03 Å². The monoisotopic (exact) mass is 296 g/mol. The third-order valence-electron chi connectivity index (χ3n) is 3.20. The number of halogens is 1. The second kappa shape index (κ2) is 5.54. The van der Waals surface area contributed by atoms with Crippen molar-refractivity contribution in [1.82, 2.24) is 9.80 Å². The van der Waals surface area contributed by atoms with Crippen LogP contribution in [0.1, 0.15) is 11.5 Å². The Morgan fingerprint density at radius 3 is 2.53 bits per heavy atom. The highest BCUT2D eigenvalue weighted by molar-refractivity contribution is 9.09. The first-order valence-electron chi connectivity index (χ1n) is 5.83. The number of amides is 2. The summed E-state index contributed by atoms with van der Waals surface area (Å²) in [7, 11) is 1.86. The molecule has 0 saturated carbocycles. The molecule has 0 radical (unpaired) electrons. The molecule has 1 aliphatic heterocycles. The molecule has 0 bridgehead atoms. The van der Waals surface area contributed by atoms with E-state index in [4.69, 9.17) is 0 Å². The average Bonchev–Trinajstić information content (AvgIpc) is 2.68. The van der Waals surface area contributed by atoms with Crippen molar-refractivity contribution >= 4 is 22.0 Å². The summed E-state index contributed by atoms with van der Waals surface area (Å²) in [6.45, 7) is 2.47. The number of rotatable bonds is 4. The van der Waals surface area contributed by atoms with E-state index in [1.54, 1.807) is 4.90 Å². The maximum Gasteiger partial charge on any atom is 0.319 e. The smallest absolute Gasteiger partial charge is 0.319 e. The summed E-state index contributed by atoms with van der Waals surface area (Å²) in [6, 6.07) is 10.5. The minimum atomic E-state index is 0.145.